The average molecular weight is 183 g/mol. The lowest BCUT2D eigenvalue weighted by molar-refractivity contribution is -0.138. The molecule has 13 heavy (non-hydrogen) atoms. The third kappa shape index (κ3) is 2.24. The Labute approximate surface area is 75.2 Å². The zero-order chi connectivity index (χ0) is 9.84. The van der Waals surface area contributed by atoms with Gasteiger partial charge in [0.25, 0.3) is 0 Å². The molecule has 1 aromatic heterocycles. The van der Waals surface area contributed by atoms with Crippen LogP contribution in [0.25, 0.3) is 0 Å². The van der Waals surface area contributed by atoms with E-state index in [1.54, 1.807) is 6.92 Å². The summed E-state index contributed by atoms with van der Waals surface area (Å²) in [5, 5.41) is 8.77. The Kier molecular flexibility index (Phi) is 2.95. The minimum atomic E-state index is -0.949. The van der Waals surface area contributed by atoms with E-state index in [1.165, 1.54) is 12.3 Å². The maximum absolute atomic E-state index is 12.7. The number of aromatic nitrogens is 1. The maximum Gasteiger partial charge on any atom is 0.311 e. The van der Waals surface area contributed by atoms with Crippen molar-refractivity contribution in [3.63, 3.8) is 0 Å². The van der Waals surface area contributed by atoms with Crippen molar-refractivity contribution < 1.29 is 14.3 Å². The first-order valence-electron chi connectivity index (χ1n) is 3.98. The smallest absolute Gasteiger partial charge is 0.311 e. The van der Waals surface area contributed by atoms with Crippen LogP contribution in [0.3, 0.4) is 0 Å². The van der Waals surface area contributed by atoms with Gasteiger partial charge in [0.2, 0.25) is 0 Å². The second kappa shape index (κ2) is 3.98. The van der Waals surface area contributed by atoms with Gasteiger partial charge in [-0.1, -0.05) is 6.92 Å². The van der Waals surface area contributed by atoms with E-state index in [0.717, 1.165) is 6.20 Å². The van der Waals surface area contributed by atoms with Crippen LogP contribution in [0.4, 0.5) is 4.39 Å². The summed E-state index contributed by atoms with van der Waals surface area (Å²) in [6, 6.07) is 1.20. The fraction of sp³-hybridized carbons (Fsp3) is 0.333. The number of carboxylic acid groups (broad SMARTS) is 1. The predicted molar refractivity (Wildman–Crippen MR) is 44.9 cm³/mol. The highest BCUT2D eigenvalue weighted by molar-refractivity contribution is 5.75. The summed E-state index contributed by atoms with van der Waals surface area (Å²) in [6.07, 6.45) is 2.86. The molecule has 0 fully saturated rings. The molecule has 1 rings (SSSR count). The van der Waals surface area contributed by atoms with E-state index in [0.29, 0.717) is 12.0 Å². The van der Waals surface area contributed by atoms with Gasteiger partial charge in [-0.15, -0.1) is 0 Å². The molecule has 70 valence electrons. The fourth-order valence-corrected chi connectivity index (χ4v) is 1.17. The molecule has 0 spiro atoms. The maximum atomic E-state index is 12.7. The van der Waals surface area contributed by atoms with Gasteiger partial charge in [-0.2, -0.15) is 0 Å². The summed E-state index contributed by atoms with van der Waals surface area (Å²) < 4.78 is 12.7. The highest BCUT2D eigenvalue weighted by Crippen LogP contribution is 2.19. The van der Waals surface area contributed by atoms with Crippen LogP contribution in [0.5, 0.6) is 0 Å². The van der Waals surface area contributed by atoms with Gasteiger partial charge in [0.15, 0.2) is 0 Å². The van der Waals surface area contributed by atoms with Crippen LogP contribution < -0.4 is 0 Å². The van der Waals surface area contributed by atoms with E-state index in [9.17, 15) is 9.18 Å². The summed E-state index contributed by atoms with van der Waals surface area (Å²) in [5.74, 6) is -2.12. The van der Waals surface area contributed by atoms with Crippen LogP contribution in [0.1, 0.15) is 24.8 Å². The number of hydrogen-bond acceptors (Lipinski definition) is 2. The molecular formula is C9H10FNO2. The quantitative estimate of drug-likeness (QED) is 0.777. The molecule has 0 aromatic carbocycles. The van der Waals surface area contributed by atoms with Gasteiger partial charge < -0.3 is 5.11 Å². The molecule has 0 aliphatic heterocycles. The van der Waals surface area contributed by atoms with Crippen LogP contribution in [-0.2, 0) is 4.79 Å². The molecule has 1 unspecified atom stereocenters. The van der Waals surface area contributed by atoms with E-state index < -0.39 is 17.7 Å². The largest absolute Gasteiger partial charge is 0.481 e. The van der Waals surface area contributed by atoms with E-state index in [-0.39, 0.29) is 0 Å². The Balaban J connectivity index is 2.98. The topological polar surface area (TPSA) is 50.2 Å². The van der Waals surface area contributed by atoms with E-state index >= 15 is 0 Å². The first-order valence-corrected chi connectivity index (χ1v) is 3.98. The van der Waals surface area contributed by atoms with Gasteiger partial charge in [-0.05, 0) is 18.1 Å². The van der Waals surface area contributed by atoms with Gasteiger partial charge in [-0.3, -0.25) is 9.78 Å². The van der Waals surface area contributed by atoms with Crippen molar-refractivity contribution in [1.82, 2.24) is 4.98 Å². The Morgan fingerprint density at radius 1 is 1.69 bits per heavy atom. The van der Waals surface area contributed by atoms with Gasteiger partial charge in [0.05, 0.1) is 12.1 Å². The molecule has 0 aliphatic rings. The summed E-state index contributed by atoms with van der Waals surface area (Å²) in [4.78, 5) is 14.3. The Morgan fingerprint density at radius 3 is 2.85 bits per heavy atom. The molecule has 0 aliphatic carbocycles. The molecule has 0 amide bonds. The van der Waals surface area contributed by atoms with Gasteiger partial charge in [0, 0.05) is 6.20 Å². The van der Waals surface area contributed by atoms with Gasteiger partial charge in [-0.25, -0.2) is 4.39 Å². The highest BCUT2D eigenvalue weighted by atomic mass is 19.1. The SMILES string of the molecule is CCC(C(=O)O)c1cncc(F)c1. The molecule has 4 heteroatoms. The third-order valence-corrected chi connectivity index (χ3v) is 1.83. The number of carbonyl (C=O) groups is 1. The van der Waals surface area contributed by atoms with Crippen molar-refractivity contribution in [2.75, 3.05) is 0 Å². The van der Waals surface area contributed by atoms with Crippen LogP contribution in [-0.4, -0.2) is 16.1 Å². The van der Waals surface area contributed by atoms with E-state index in [4.69, 9.17) is 5.11 Å². The third-order valence-electron chi connectivity index (χ3n) is 1.83. The zero-order valence-electron chi connectivity index (χ0n) is 7.20. The zero-order valence-corrected chi connectivity index (χ0v) is 7.20. The Bertz CT molecular complexity index is 314. The molecule has 0 saturated carbocycles. The van der Waals surface area contributed by atoms with Crippen molar-refractivity contribution >= 4 is 5.97 Å². The number of aliphatic carboxylic acids is 1. The minimum Gasteiger partial charge on any atom is -0.481 e. The summed E-state index contributed by atoms with van der Waals surface area (Å²) in [7, 11) is 0. The van der Waals surface area contributed by atoms with Crippen LogP contribution >= 0.6 is 0 Å². The summed E-state index contributed by atoms with van der Waals surface area (Å²) >= 11 is 0. The molecule has 1 aromatic rings. The molecule has 0 bridgehead atoms. The number of carboxylic acids is 1. The standard InChI is InChI=1S/C9H10FNO2/c1-2-8(9(12)13)6-3-7(10)5-11-4-6/h3-5,8H,2H2,1H3,(H,12,13). The minimum absolute atomic E-state index is 0.412. The number of pyridine rings is 1. The number of nitrogens with zero attached hydrogens (tertiary/aromatic N) is 1. The Hall–Kier alpha value is -1.45. The summed E-state index contributed by atoms with van der Waals surface area (Å²) in [5.41, 5.74) is 0.412. The lowest BCUT2D eigenvalue weighted by Crippen LogP contribution is -2.10. The lowest BCUT2D eigenvalue weighted by atomic mass is 9.99. The number of rotatable bonds is 3. The van der Waals surface area contributed by atoms with E-state index in [2.05, 4.69) is 4.98 Å². The second-order valence-electron chi connectivity index (χ2n) is 2.74. The molecule has 0 radical (unpaired) electrons. The number of hydrogen-bond donors (Lipinski definition) is 1. The van der Waals surface area contributed by atoms with E-state index in [1.807, 2.05) is 0 Å². The molecule has 1 atom stereocenters. The molecule has 1 N–H and O–H groups in total. The first-order chi connectivity index (χ1) is 6.15. The highest BCUT2D eigenvalue weighted by Gasteiger charge is 2.17. The van der Waals surface area contributed by atoms with Crippen molar-refractivity contribution in [3.8, 4) is 0 Å². The predicted octanol–water partition coefficient (Wildman–Crippen LogP) is 1.80. The number of halogens is 1. The van der Waals surface area contributed by atoms with Crippen LogP contribution in [0, 0.1) is 5.82 Å². The van der Waals surface area contributed by atoms with Crippen molar-refractivity contribution in [2.24, 2.45) is 0 Å². The molecular weight excluding hydrogens is 173 g/mol. The lowest BCUT2D eigenvalue weighted by Gasteiger charge is -2.08. The van der Waals surface area contributed by atoms with Crippen molar-refractivity contribution in [3.05, 3.63) is 29.8 Å². The van der Waals surface area contributed by atoms with Crippen LogP contribution in [0.15, 0.2) is 18.5 Å². The van der Waals surface area contributed by atoms with Gasteiger partial charge >= 0.3 is 5.97 Å². The molecule has 3 nitrogen and oxygen atoms in total. The van der Waals surface area contributed by atoms with Gasteiger partial charge in [0.1, 0.15) is 5.82 Å². The van der Waals surface area contributed by atoms with Crippen molar-refractivity contribution in [1.29, 1.82) is 0 Å². The summed E-state index contributed by atoms with van der Waals surface area (Å²) in [6.45, 7) is 1.74. The monoisotopic (exact) mass is 183 g/mol. The average Bonchev–Trinajstić information content (AvgIpc) is 2.04. The van der Waals surface area contributed by atoms with Crippen molar-refractivity contribution in [2.45, 2.75) is 19.3 Å². The molecule has 0 saturated heterocycles. The first kappa shape index (κ1) is 9.64. The second-order valence-corrected chi connectivity index (χ2v) is 2.74. The normalized spacial score (nSPS) is 12.5. The Morgan fingerprint density at radius 2 is 2.38 bits per heavy atom. The fourth-order valence-electron chi connectivity index (χ4n) is 1.17. The molecule has 1 heterocycles. The van der Waals surface area contributed by atoms with Crippen LogP contribution in [0.2, 0.25) is 0 Å².